The van der Waals surface area contributed by atoms with Gasteiger partial charge in [-0.1, -0.05) is 30.3 Å². The van der Waals surface area contributed by atoms with Crippen molar-refractivity contribution in [3.05, 3.63) is 35.9 Å². The molecule has 5 nitrogen and oxygen atoms in total. The summed E-state index contributed by atoms with van der Waals surface area (Å²) >= 11 is 0. The van der Waals surface area contributed by atoms with Gasteiger partial charge in [-0.25, -0.2) is 0 Å². The number of hydrogen-bond acceptors (Lipinski definition) is 3. The van der Waals surface area contributed by atoms with E-state index in [1.54, 1.807) is 6.92 Å². The Balaban J connectivity index is 1.59. The lowest BCUT2D eigenvalue weighted by molar-refractivity contribution is -0.128. The Morgan fingerprint density at radius 2 is 2.10 bits per heavy atom. The van der Waals surface area contributed by atoms with Crippen LogP contribution in [-0.4, -0.2) is 41.4 Å². The van der Waals surface area contributed by atoms with Gasteiger partial charge in [0, 0.05) is 24.9 Å². The lowest BCUT2D eigenvalue weighted by Gasteiger charge is -2.18. The molecule has 0 radical (unpaired) electrons. The molecule has 1 aliphatic carbocycles. The molecule has 3 unspecified atom stereocenters. The van der Waals surface area contributed by atoms with Crippen molar-refractivity contribution in [2.75, 3.05) is 6.54 Å². The molecule has 2 aliphatic rings. The molecule has 112 valence electrons. The van der Waals surface area contributed by atoms with Crippen LogP contribution in [0.3, 0.4) is 0 Å². The van der Waals surface area contributed by atoms with Gasteiger partial charge in [-0.2, -0.15) is 0 Å². The molecule has 3 N–H and O–H groups in total. The summed E-state index contributed by atoms with van der Waals surface area (Å²) in [6.07, 6.45) is 1.40. The first-order valence-corrected chi connectivity index (χ1v) is 7.46. The molecular formula is C16H21N3O2. The van der Waals surface area contributed by atoms with Gasteiger partial charge in [0.15, 0.2) is 0 Å². The number of benzene rings is 1. The fourth-order valence-electron chi connectivity index (χ4n) is 3.07. The molecule has 0 spiro atoms. The maximum atomic E-state index is 12.1. The summed E-state index contributed by atoms with van der Waals surface area (Å²) in [5, 5.41) is 2.85. The zero-order valence-corrected chi connectivity index (χ0v) is 12.2. The van der Waals surface area contributed by atoms with Crippen LogP contribution in [0.2, 0.25) is 0 Å². The smallest absolute Gasteiger partial charge is 0.236 e. The highest BCUT2D eigenvalue weighted by Gasteiger charge is 2.47. The van der Waals surface area contributed by atoms with E-state index in [1.165, 1.54) is 5.56 Å². The molecule has 1 aromatic carbocycles. The van der Waals surface area contributed by atoms with Crippen molar-refractivity contribution in [3.63, 3.8) is 0 Å². The van der Waals surface area contributed by atoms with Crippen molar-refractivity contribution >= 4 is 11.8 Å². The molecule has 1 saturated carbocycles. The minimum absolute atomic E-state index is 0.104. The second-order valence-corrected chi connectivity index (χ2v) is 6.06. The molecule has 1 heterocycles. The van der Waals surface area contributed by atoms with Crippen LogP contribution < -0.4 is 11.1 Å². The monoisotopic (exact) mass is 287 g/mol. The number of likely N-dealkylation sites (tertiary alicyclic amines) is 1. The van der Waals surface area contributed by atoms with Gasteiger partial charge in [0.25, 0.3) is 0 Å². The quantitative estimate of drug-likeness (QED) is 0.852. The number of carbonyl (C=O) groups is 2. The molecule has 1 aliphatic heterocycles. The van der Waals surface area contributed by atoms with Gasteiger partial charge in [-0.15, -0.1) is 0 Å². The van der Waals surface area contributed by atoms with Crippen LogP contribution in [0.25, 0.3) is 0 Å². The largest absolute Gasteiger partial charge is 0.350 e. The molecule has 2 fully saturated rings. The van der Waals surface area contributed by atoms with Crippen molar-refractivity contribution in [3.8, 4) is 0 Å². The third-order valence-corrected chi connectivity index (χ3v) is 4.30. The Hall–Kier alpha value is -1.88. The Labute approximate surface area is 124 Å². The maximum Gasteiger partial charge on any atom is 0.236 e. The van der Waals surface area contributed by atoms with E-state index in [4.69, 9.17) is 5.73 Å². The Morgan fingerprint density at radius 1 is 1.38 bits per heavy atom. The number of nitrogens with two attached hydrogens (primary N) is 1. The number of carbonyl (C=O) groups excluding carboxylic acids is 2. The van der Waals surface area contributed by atoms with Crippen LogP contribution in [0.4, 0.5) is 0 Å². The van der Waals surface area contributed by atoms with Crippen molar-refractivity contribution in [2.24, 2.45) is 5.73 Å². The number of nitrogens with zero attached hydrogens (tertiary/aromatic N) is 1. The van der Waals surface area contributed by atoms with Crippen LogP contribution in [0, 0.1) is 0 Å². The molecule has 3 rings (SSSR count). The van der Waals surface area contributed by atoms with E-state index < -0.39 is 6.04 Å². The summed E-state index contributed by atoms with van der Waals surface area (Å²) in [7, 11) is 0. The van der Waals surface area contributed by atoms with Crippen molar-refractivity contribution in [1.82, 2.24) is 10.2 Å². The lowest BCUT2D eigenvalue weighted by Crippen LogP contribution is -2.45. The Kier molecular flexibility index (Phi) is 3.68. The molecule has 2 amide bonds. The fourth-order valence-corrected chi connectivity index (χ4v) is 3.07. The third kappa shape index (κ3) is 2.93. The van der Waals surface area contributed by atoms with Gasteiger partial charge in [0.05, 0.1) is 12.1 Å². The number of hydrogen-bond donors (Lipinski definition) is 2. The Morgan fingerprint density at radius 3 is 2.76 bits per heavy atom. The molecule has 5 heteroatoms. The summed E-state index contributed by atoms with van der Waals surface area (Å²) < 4.78 is 0. The minimum atomic E-state index is -0.535. The predicted molar refractivity (Wildman–Crippen MR) is 79.5 cm³/mol. The zero-order chi connectivity index (χ0) is 15.0. The second-order valence-electron chi connectivity index (χ2n) is 6.06. The first-order chi connectivity index (χ1) is 10.1. The second kappa shape index (κ2) is 5.48. The van der Waals surface area contributed by atoms with Crippen LogP contribution >= 0.6 is 0 Å². The fraction of sp³-hybridized carbons (Fsp3) is 0.500. The van der Waals surface area contributed by atoms with E-state index in [2.05, 4.69) is 17.4 Å². The average Bonchev–Trinajstić information content (AvgIpc) is 3.18. The highest BCUT2D eigenvalue weighted by molar-refractivity contribution is 5.84. The molecule has 1 saturated heterocycles. The van der Waals surface area contributed by atoms with Crippen LogP contribution in [0.15, 0.2) is 30.3 Å². The van der Waals surface area contributed by atoms with Crippen molar-refractivity contribution in [2.45, 2.75) is 43.8 Å². The minimum Gasteiger partial charge on any atom is -0.350 e. The van der Waals surface area contributed by atoms with E-state index in [0.717, 1.165) is 6.42 Å². The first-order valence-electron chi connectivity index (χ1n) is 7.46. The molecule has 0 bridgehead atoms. The molecule has 4 atom stereocenters. The highest BCUT2D eigenvalue weighted by Crippen LogP contribution is 2.45. The van der Waals surface area contributed by atoms with Crippen molar-refractivity contribution < 1.29 is 9.59 Å². The molecule has 1 aromatic rings. The topological polar surface area (TPSA) is 75.4 Å². The van der Waals surface area contributed by atoms with E-state index in [9.17, 15) is 9.59 Å². The Bertz CT molecular complexity index is 544. The predicted octanol–water partition coefficient (Wildman–Crippen LogP) is 0.607. The van der Waals surface area contributed by atoms with Gasteiger partial charge >= 0.3 is 0 Å². The summed E-state index contributed by atoms with van der Waals surface area (Å²) in [5.74, 6) is 0.386. The SMILES string of the molecule is C[C@@H](N)C(=O)NC1CC(=O)N(C2CC2c2ccccc2)C1. The van der Waals surface area contributed by atoms with E-state index >= 15 is 0 Å². The van der Waals surface area contributed by atoms with Crippen molar-refractivity contribution in [1.29, 1.82) is 0 Å². The number of nitrogens with one attached hydrogen (secondary N) is 1. The molecule has 0 aromatic heterocycles. The summed E-state index contributed by atoms with van der Waals surface area (Å²) in [6.45, 7) is 2.25. The van der Waals surface area contributed by atoms with Gasteiger partial charge in [-0.3, -0.25) is 9.59 Å². The average molecular weight is 287 g/mol. The van der Waals surface area contributed by atoms with Gasteiger partial charge in [0.2, 0.25) is 11.8 Å². The van der Waals surface area contributed by atoms with Gasteiger partial charge < -0.3 is 16.0 Å². The highest BCUT2D eigenvalue weighted by atomic mass is 16.2. The molecule has 21 heavy (non-hydrogen) atoms. The third-order valence-electron chi connectivity index (χ3n) is 4.30. The maximum absolute atomic E-state index is 12.1. The number of rotatable bonds is 4. The van der Waals surface area contributed by atoms with Gasteiger partial charge in [-0.05, 0) is 18.9 Å². The van der Waals surface area contributed by atoms with E-state index in [1.807, 2.05) is 23.1 Å². The standard InChI is InChI=1S/C16H21N3O2/c1-10(17)16(21)18-12-7-15(20)19(9-12)14-8-13(14)11-5-3-2-4-6-11/h2-6,10,12-14H,7-9,17H2,1H3,(H,18,21)/t10-,12?,13?,14?/m1/s1. The first kappa shape index (κ1) is 14.1. The zero-order valence-electron chi connectivity index (χ0n) is 12.2. The van der Waals surface area contributed by atoms with Crippen LogP contribution in [0.5, 0.6) is 0 Å². The summed E-state index contributed by atoms with van der Waals surface area (Å²) in [5.41, 5.74) is 6.83. The van der Waals surface area contributed by atoms with E-state index in [0.29, 0.717) is 18.9 Å². The summed E-state index contributed by atoms with van der Waals surface area (Å²) in [4.78, 5) is 25.7. The molecular weight excluding hydrogens is 266 g/mol. The number of amides is 2. The summed E-state index contributed by atoms with van der Waals surface area (Å²) in [6, 6.07) is 9.93. The van der Waals surface area contributed by atoms with Crippen LogP contribution in [-0.2, 0) is 9.59 Å². The van der Waals surface area contributed by atoms with E-state index in [-0.39, 0.29) is 23.9 Å². The lowest BCUT2D eigenvalue weighted by atomic mass is 10.1. The van der Waals surface area contributed by atoms with Gasteiger partial charge in [0.1, 0.15) is 0 Å². The normalized spacial score (nSPS) is 29.3. The van der Waals surface area contributed by atoms with Crippen LogP contribution in [0.1, 0.15) is 31.2 Å².